The van der Waals surface area contributed by atoms with Gasteiger partial charge in [0.15, 0.2) is 0 Å². The highest BCUT2D eigenvalue weighted by Gasteiger charge is 2.34. The maximum absolute atomic E-state index is 12.3. The van der Waals surface area contributed by atoms with Gasteiger partial charge in [0, 0.05) is 23.3 Å². The van der Waals surface area contributed by atoms with Crippen LogP contribution in [0, 0.1) is 22.2 Å². The van der Waals surface area contributed by atoms with E-state index in [1.54, 1.807) is 12.4 Å². The fourth-order valence-electron chi connectivity index (χ4n) is 1.68. The molecule has 0 radical (unpaired) electrons. The molecule has 0 saturated heterocycles. The molecule has 0 aromatic heterocycles. The van der Waals surface area contributed by atoms with Crippen LogP contribution in [0.4, 0.5) is 0 Å². The van der Waals surface area contributed by atoms with E-state index in [0.717, 1.165) is 0 Å². The van der Waals surface area contributed by atoms with Crippen molar-refractivity contribution in [2.24, 2.45) is 32.4 Å². The Morgan fingerprint density at radius 2 is 1.24 bits per heavy atom. The van der Waals surface area contributed by atoms with Crippen molar-refractivity contribution in [3.8, 4) is 0 Å². The summed E-state index contributed by atoms with van der Waals surface area (Å²) in [6.07, 6.45) is 4.54. The molecule has 6 heteroatoms. The SMILES string of the molecule is CC(C)/C=N/NC(=O)C(C)(C)CCC(C)(C)C(=O)N/N=C/C(C)(C)C. The monoisotopic (exact) mass is 352 g/mol. The summed E-state index contributed by atoms with van der Waals surface area (Å²) in [5.74, 6) is -0.0203. The molecular formula is C19H36N4O2. The Morgan fingerprint density at radius 3 is 1.60 bits per heavy atom. The second-order valence-electron chi connectivity index (χ2n) is 9.30. The number of hydrazone groups is 2. The summed E-state index contributed by atoms with van der Waals surface area (Å²) in [7, 11) is 0. The van der Waals surface area contributed by atoms with E-state index in [-0.39, 0.29) is 23.1 Å². The molecule has 0 atom stereocenters. The first kappa shape index (κ1) is 23.3. The van der Waals surface area contributed by atoms with Crippen molar-refractivity contribution in [3.63, 3.8) is 0 Å². The lowest BCUT2D eigenvalue weighted by atomic mass is 9.78. The standard InChI is InChI=1S/C19H36N4O2/c1-14(2)12-20-22-15(24)18(6,7)10-11-19(8,9)16(25)23-21-13-17(3,4)5/h12-14H,10-11H2,1-9H3,(H,22,24)(H,23,25)/b20-12+,21-13+. The van der Waals surface area contributed by atoms with Crippen molar-refractivity contribution in [2.75, 3.05) is 0 Å². The van der Waals surface area contributed by atoms with Gasteiger partial charge in [-0.05, 0) is 24.2 Å². The van der Waals surface area contributed by atoms with Crippen LogP contribution in [-0.2, 0) is 9.59 Å². The number of carbonyl (C=O) groups excluding carboxylic acids is 2. The predicted octanol–water partition coefficient (Wildman–Crippen LogP) is 3.73. The molecule has 0 bridgehead atoms. The molecule has 0 unspecified atom stereocenters. The first-order valence-corrected chi connectivity index (χ1v) is 8.86. The van der Waals surface area contributed by atoms with Crippen LogP contribution in [0.2, 0.25) is 0 Å². The summed E-state index contributed by atoms with van der Waals surface area (Å²) in [4.78, 5) is 24.6. The molecule has 0 aliphatic carbocycles. The molecular weight excluding hydrogens is 316 g/mol. The molecule has 0 saturated carbocycles. The van der Waals surface area contributed by atoms with Gasteiger partial charge >= 0.3 is 0 Å². The number of nitrogens with zero attached hydrogens (tertiary/aromatic N) is 2. The van der Waals surface area contributed by atoms with Gasteiger partial charge in [-0.15, -0.1) is 0 Å². The van der Waals surface area contributed by atoms with Crippen LogP contribution < -0.4 is 10.9 Å². The van der Waals surface area contributed by atoms with Gasteiger partial charge in [0.2, 0.25) is 11.8 Å². The van der Waals surface area contributed by atoms with Crippen molar-refractivity contribution in [1.29, 1.82) is 0 Å². The lowest BCUT2D eigenvalue weighted by Crippen LogP contribution is -2.38. The number of rotatable bonds is 8. The number of amides is 2. The minimum Gasteiger partial charge on any atom is -0.273 e. The van der Waals surface area contributed by atoms with E-state index in [2.05, 4.69) is 21.1 Å². The van der Waals surface area contributed by atoms with E-state index in [4.69, 9.17) is 0 Å². The third-order valence-electron chi connectivity index (χ3n) is 3.76. The van der Waals surface area contributed by atoms with E-state index in [1.165, 1.54) is 0 Å². The second kappa shape index (κ2) is 9.11. The zero-order chi connectivity index (χ0) is 19.9. The van der Waals surface area contributed by atoms with Crippen molar-refractivity contribution >= 4 is 24.2 Å². The molecule has 0 heterocycles. The van der Waals surface area contributed by atoms with Crippen LogP contribution in [0.1, 0.15) is 75.2 Å². The highest BCUT2D eigenvalue weighted by atomic mass is 16.2. The zero-order valence-electron chi connectivity index (χ0n) is 17.4. The van der Waals surface area contributed by atoms with Gasteiger partial charge < -0.3 is 0 Å². The average Bonchev–Trinajstić information content (AvgIpc) is 2.43. The predicted molar refractivity (Wildman–Crippen MR) is 104 cm³/mol. The van der Waals surface area contributed by atoms with Gasteiger partial charge in [0.1, 0.15) is 0 Å². The van der Waals surface area contributed by atoms with E-state index in [1.807, 2.05) is 62.3 Å². The molecule has 2 amide bonds. The Kier molecular flexibility index (Phi) is 8.48. The second-order valence-corrected chi connectivity index (χ2v) is 9.30. The third-order valence-corrected chi connectivity index (χ3v) is 3.76. The first-order valence-electron chi connectivity index (χ1n) is 8.86. The van der Waals surface area contributed by atoms with E-state index in [9.17, 15) is 9.59 Å². The van der Waals surface area contributed by atoms with Crippen LogP contribution >= 0.6 is 0 Å². The molecule has 6 nitrogen and oxygen atoms in total. The van der Waals surface area contributed by atoms with Crippen LogP contribution in [0.15, 0.2) is 10.2 Å². The number of nitrogens with one attached hydrogen (secondary N) is 2. The topological polar surface area (TPSA) is 82.9 Å². The normalized spacial score (nSPS) is 13.7. The van der Waals surface area contributed by atoms with Crippen LogP contribution in [-0.4, -0.2) is 24.2 Å². The first-order chi connectivity index (χ1) is 11.2. The van der Waals surface area contributed by atoms with Gasteiger partial charge in [0.25, 0.3) is 0 Å². The van der Waals surface area contributed by atoms with Gasteiger partial charge in [0.05, 0.1) is 0 Å². The molecule has 0 fully saturated rings. The van der Waals surface area contributed by atoms with Crippen molar-refractivity contribution < 1.29 is 9.59 Å². The van der Waals surface area contributed by atoms with E-state index in [0.29, 0.717) is 12.8 Å². The number of hydrogen-bond donors (Lipinski definition) is 2. The van der Waals surface area contributed by atoms with Gasteiger partial charge in [-0.1, -0.05) is 62.3 Å². The zero-order valence-corrected chi connectivity index (χ0v) is 17.4. The molecule has 25 heavy (non-hydrogen) atoms. The fraction of sp³-hybridized carbons (Fsp3) is 0.789. The maximum Gasteiger partial charge on any atom is 0.245 e. The quantitative estimate of drug-likeness (QED) is 0.515. The minimum atomic E-state index is -0.617. The summed E-state index contributed by atoms with van der Waals surface area (Å²) >= 11 is 0. The van der Waals surface area contributed by atoms with Crippen LogP contribution in [0.3, 0.4) is 0 Å². The van der Waals surface area contributed by atoms with Crippen molar-refractivity contribution in [1.82, 2.24) is 10.9 Å². The van der Waals surface area contributed by atoms with Gasteiger partial charge in [-0.25, -0.2) is 10.9 Å². The Labute approximate surface area is 152 Å². The van der Waals surface area contributed by atoms with Gasteiger partial charge in [-0.2, -0.15) is 10.2 Å². The Hall–Kier alpha value is -1.72. The van der Waals surface area contributed by atoms with Crippen molar-refractivity contribution in [2.45, 2.75) is 75.2 Å². The van der Waals surface area contributed by atoms with E-state index < -0.39 is 10.8 Å². The molecule has 0 spiro atoms. The summed E-state index contributed by atoms with van der Waals surface area (Å²) in [6, 6.07) is 0. The summed E-state index contributed by atoms with van der Waals surface area (Å²) in [5, 5.41) is 7.98. The average molecular weight is 353 g/mol. The third kappa shape index (κ3) is 9.99. The molecule has 2 N–H and O–H groups in total. The van der Waals surface area contributed by atoms with Crippen molar-refractivity contribution in [3.05, 3.63) is 0 Å². The fourth-order valence-corrected chi connectivity index (χ4v) is 1.68. The minimum absolute atomic E-state index is 0.0893. The smallest absolute Gasteiger partial charge is 0.245 e. The molecule has 0 aromatic rings. The molecule has 0 aliphatic rings. The molecule has 0 rings (SSSR count). The number of carbonyl (C=O) groups is 2. The molecule has 0 aromatic carbocycles. The summed E-state index contributed by atoms with van der Waals surface area (Å²) in [5.41, 5.74) is 3.86. The van der Waals surface area contributed by atoms with E-state index >= 15 is 0 Å². The number of hydrogen-bond acceptors (Lipinski definition) is 4. The molecule has 0 aliphatic heterocycles. The highest BCUT2D eigenvalue weighted by molar-refractivity contribution is 5.84. The summed E-state index contributed by atoms with van der Waals surface area (Å²) in [6.45, 7) is 17.5. The van der Waals surface area contributed by atoms with Gasteiger partial charge in [-0.3, -0.25) is 9.59 Å². The molecule has 144 valence electrons. The lowest BCUT2D eigenvalue weighted by Gasteiger charge is -2.28. The highest BCUT2D eigenvalue weighted by Crippen LogP contribution is 2.31. The maximum atomic E-state index is 12.3. The van der Waals surface area contributed by atoms with Crippen LogP contribution in [0.5, 0.6) is 0 Å². The Morgan fingerprint density at radius 1 is 0.840 bits per heavy atom. The van der Waals surface area contributed by atoms with Crippen LogP contribution in [0.25, 0.3) is 0 Å². The summed E-state index contributed by atoms with van der Waals surface area (Å²) < 4.78 is 0. The Bertz CT molecular complexity index is 512. The largest absolute Gasteiger partial charge is 0.273 e. The lowest BCUT2D eigenvalue weighted by molar-refractivity contribution is -0.133. The Balaban J connectivity index is 4.66.